The van der Waals surface area contributed by atoms with E-state index >= 15 is 0 Å². The number of nitrogens with zero attached hydrogens (tertiary/aromatic N) is 1. The lowest BCUT2D eigenvalue weighted by atomic mass is 10.0. The van der Waals surface area contributed by atoms with Gasteiger partial charge in [0.25, 0.3) is 5.91 Å². The summed E-state index contributed by atoms with van der Waals surface area (Å²) >= 11 is 1.63. The fraction of sp³-hybridized carbons (Fsp3) is 0.444. The fourth-order valence-electron chi connectivity index (χ4n) is 2.53. The lowest BCUT2D eigenvalue weighted by molar-refractivity contribution is -0.124. The van der Waals surface area contributed by atoms with Crippen LogP contribution in [-0.4, -0.2) is 43.4 Å². The standard InChI is InChI=1S/C18H25N3O3S/c1-12(2)16(20-17(22)15-6-5-8-24-15)18(23)19-10-14(21(3)4)13-7-9-25-11-13/h5-9,11-12,14,16H,10H2,1-4H3,(H,19,23)(H,20,22). The molecule has 0 aliphatic rings. The smallest absolute Gasteiger partial charge is 0.287 e. The summed E-state index contributed by atoms with van der Waals surface area (Å²) in [5.74, 6) is -0.432. The van der Waals surface area contributed by atoms with E-state index in [9.17, 15) is 9.59 Å². The molecule has 2 amide bonds. The van der Waals surface area contributed by atoms with Crippen LogP contribution in [0.4, 0.5) is 0 Å². The Kier molecular flexibility index (Phi) is 6.78. The number of furan rings is 1. The van der Waals surface area contributed by atoms with Crippen molar-refractivity contribution >= 4 is 23.2 Å². The molecule has 6 nitrogen and oxygen atoms in total. The first kappa shape index (κ1) is 19.2. The zero-order valence-electron chi connectivity index (χ0n) is 15.0. The molecule has 2 unspecified atom stereocenters. The van der Waals surface area contributed by atoms with Gasteiger partial charge in [-0.05, 0) is 54.5 Å². The van der Waals surface area contributed by atoms with Gasteiger partial charge in [-0.1, -0.05) is 13.8 Å². The molecule has 136 valence electrons. The summed E-state index contributed by atoms with van der Waals surface area (Å²) in [4.78, 5) is 26.8. The maximum absolute atomic E-state index is 12.6. The third kappa shape index (κ3) is 5.17. The van der Waals surface area contributed by atoms with E-state index in [1.165, 1.54) is 6.26 Å². The normalized spacial score (nSPS) is 13.7. The number of hydrogen-bond donors (Lipinski definition) is 2. The van der Waals surface area contributed by atoms with Crippen molar-refractivity contribution in [1.29, 1.82) is 0 Å². The Bertz CT molecular complexity index is 666. The number of carbonyl (C=O) groups is 2. The van der Waals surface area contributed by atoms with Crippen LogP contribution in [0.25, 0.3) is 0 Å². The topological polar surface area (TPSA) is 74.6 Å². The van der Waals surface area contributed by atoms with Gasteiger partial charge < -0.3 is 20.0 Å². The van der Waals surface area contributed by atoms with Crippen LogP contribution in [-0.2, 0) is 4.79 Å². The molecule has 2 aromatic heterocycles. The van der Waals surface area contributed by atoms with Crippen LogP contribution in [0.2, 0.25) is 0 Å². The minimum atomic E-state index is -0.622. The van der Waals surface area contributed by atoms with E-state index in [0.29, 0.717) is 6.54 Å². The quantitative estimate of drug-likeness (QED) is 0.756. The van der Waals surface area contributed by atoms with Crippen LogP contribution in [0.3, 0.4) is 0 Å². The van der Waals surface area contributed by atoms with E-state index in [4.69, 9.17) is 4.42 Å². The summed E-state index contributed by atoms with van der Waals surface area (Å²) in [5.41, 5.74) is 1.16. The van der Waals surface area contributed by atoms with Crippen LogP contribution in [0.15, 0.2) is 39.6 Å². The third-order valence-electron chi connectivity index (χ3n) is 4.00. The van der Waals surface area contributed by atoms with Crippen molar-refractivity contribution in [2.75, 3.05) is 20.6 Å². The lowest BCUT2D eigenvalue weighted by Gasteiger charge is -2.26. The Balaban J connectivity index is 1.99. The molecule has 2 heterocycles. The van der Waals surface area contributed by atoms with Crippen molar-refractivity contribution in [3.05, 3.63) is 46.5 Å². The molecule has 0 bridgehead atoms. The number of nitrogens with one attached hydrogen (secondary N) is 2. The van der Waals surface area contributed by atoms with E-state index in [0.717, 1.165) is 5.56 Å². The molecule has 0 aromatic carbocycles. The second-order valence-corrected chi connectivity index (χ2v) is 7.23. The number of hydrogen-bond acceptors (Lipinski definition) is 5. The van der Waals surface area contributed by atoms with Crippen molar-refractivity contribution in [2.45, 2.75) is 25.9 Å². The molecule has 0 aliphatic heterocycles. The van der Waals surface area contributed by atoms with Gasteiger partial charge in [-0.2, -0.15) is 11.3 Å². The molecule has 2 rings (SSSR count). The molecule has 0 aliphatic carbocycles. The fourth-order valence-corrected chi connectivity index (χ4v) is 3.23. The molecule has 7 heteroatoms. The summed E-state index contributed by atoms with van der Waals surface area (Å²) in [5, 5.41) is 9.81. The SMILES string of the molecule is CC(C)C(NC(=O)c1ccco1)C(=O)NCC(c1ccsc1)N(C)C. The van der Waals surface area contributed by atoms with Gasteiger partial charge in [-0.25, -0.2) is 0 Å². The maximum atomic E-state index is 12.6. The monoisotopic (exact) mass is 363 g/mol. The van der Waals surface area contributed by atoms with E-state index in [-0.39, 0.29) is 29.5 Å². The number of amides is 2. The van der Waals surface area contributed by atoms with Crippen LogP contribution in [0.1, 0.15) is 36.0 Å². The number of thiophene rings is 1. The average molecular weight is 363 g/mol. The predicted octanol–water partition coefficient (Wildman–Crippen LogP) is 2.51. The van der Waals surface area contributed by atoms with E-state index < -0.39 is 6.04 Å². The van der Waals surface area contributed by atoms with Crippen LogP contribution in [0.5, 0.6) is 0 Å². The Labute approximate surface area is 152 Å². The highest BCUT2D eigenvalue weighted by atomic mass is 32.1. The average Bonchev–Trinajstić information content (AvgIpc) is 3.25. The first-order valence-corrected chi connectivity index (χ1v) is 9.15. The zero-order valence-corrected chi connectivity index (χ0v) is 15.8. The maximum Gasteiger partial charge on any atom is 0.287 e. The Hall–Kier alpha value is -2.12. The molecule has 0 spiro atoms. The molecule has 2 aromatic rings. The molecule has 2 N–H and O–H groups in total. The molecule has 0 radical (unpaired) electrons. The predicted molar refractivity (Wildman–Crippen MR) is 98.6 cm³/mol. The first-order valence-electron chi connectivity index (χ1n) is 8.20. The van der Waals surface area contributed by atoms with Crippen molar-refractivity contribution in [3.63, 3.8) is 0 Å². The minimum absolute atomic E-state index is 0.0436. The second-order valence-electron chi connectivity index (χ2n) is 6.45. The Morgan fingerprint density at radius 1 is 1.28 bits per heavy atom. The Morgan fingerprint density at radius 2 is 2.04 bits per heavy atom. The van der Waals surface area contributed by atoms with Gasteiger partial charge in [0.1, 0.15) is 6.04 Å². The van der Waals surface area contributed by atoms with Crippen molar-refractivity contribution in [1.82, 2.24) is 15.5 Å². The molecule has 0 saturated carbocycles. The van der Waals surface area contributed by atoms with Crippen LogP contribution < -0.4 is 10.6 Å². The van der Waals surface area contributed by atoms with Gasteiger partial charge in [0, 0.05) is 6.54 Å². The lowest BCUT2D eigenvalue weighted by Crippen LogP contribution is -2.50. The van der Waals surface area contributed by atoms with Crippen LogP contribution in [0, 0.1) is 5.92 Å². The molecular weight excluding hydrogens is 338 g/mol. The summed E-state index contributed by atoms with van der Waals surface area (Å²) in [6, 6.07) is 4.73. The molecule has 25 heavy (non-hydrogen) atoms. The third-order valence-corrected chi connectivity index (χ3v) is 4.70. The van der Waals surface area contributed by atoms with E-state index in [1.807, 2.05) is 33.3 Å². The largest absolute Gasteiger partial charge is 0.459 e. The van der Waals surface area contributed by atoms with E-state index in [1.54, 1.807) is 23.5 Å². The highest BCUT2D eigenvalue weighted by Gasteiger charge is 2.26. The number of rotatable bonds is 8. The van der Waals surface area contributed by atoms with Crippen molar-refractivity contribution < 1.29 is 14.0 Å². The summed E-state index contributed by atoms with van der Waals surface area (Å²) < 4.78 is 5.09. The molecular formula is C18H25N3O3S. The van der Waals surface area contributed by atoms with Crippen molar-refractivity contribution in [3.8, 4) is 0 Å². The summed E-state index contributed by atoms with van der Waals surface area (Å²) in [6.07, 6.45) is 1.43. The first-order chi connectivity index (χ1) is 11.9. The molecule has 0 fully saturated rings. The number of carbonyl (C=O) groups excluding carboxylic acids is 2. The molecule has 2 atom stereocenters. The van der Waals surface area contributed by atoms with Gasteiger partial charge in [-0.3, -0.25) is 9.59 Å². The van der Waals surface area contributed by atoms with E-state index in [2.05, 4.69) is 27.0 Å². The number of likely N-dealkylation sites (N-methyl/N-ethyl adjacent to an activating group) is 1. The second kappa shape index (κ2) is 8.82. The highest BCUT2D eigenvalue weighted by molar-refractivity contribution is 7.07. The highest BCUT2D eigenvalue weighted by Crippen LogP contribution is 2.20. The van der Waals surface area contributed by atoms with Gasteiger partial charge >= 0.3 is 0 Å². The zero-order chi connectivity index (χ0) is 18.4. The summed E-state index contributed by atoms with van der Waals surface area (Å²) in [6.45, 7) is 4.27. The van der Waals surface area contributed by atoms with Gasteiger partial charge in [0.05, 0.1) is 12.3 Å². The van der Waals surface area contributed by atoms with Gasteiger partial charge in [-0.15, -0.1) is 0 Å². The minimum Gasteiger partial charge on any atom is -0.459 e. The molecule has 0 saturated heterocycles. The Morgan fingerprint density at radius 3 is 2.56 bits per heavy atom. The van der Waals surface area contributed by atoms with Gasteiger partial charge in [0.15, 0.2) is 5.76 Å². The summed E-state index contributed by atoms with van der Waals surface area (Å²) in [7, 11) is 3.96. The van der Waals surface area contributed by atoms with Crippen LogP contribution >= 0.6 is 11.3 Å². The van der Waals surface area contributed by atoms with Gasteiger partial charge in [0.2, 0.25) is 5.91 Å². The van der Waals surface area contributed by atoms with Crippen molar-refractivity contribution in [2.24, 2.45) is 5.92 Å².